The molecule has 1 saturated carbocycles. The normalized spacial score (nSPS) is 13.5. The van der Waals surface area contributed by atoms with Gasteiger partial charge in [0.2, 0.25) is 5.91 Å². The van der Waals surface area contributed by atoms with Crippen LogP contribution in [0.25, 0.3) is 0 Å². The van der Waals surface area contributed by atoms with Gasteiger partial charge in [0.15, 0.2) is 0 Å². The summed E-state index contributed by atoms with van der Waals surface area (Å²) in [6, 6.07) is 24.9. The van der Waals surface area contributed by atoms with Gasteiger partial charge in [-0.25, -0.2) is 0 Å². The van der Waals surface area contributed by atoms with E-state index in [2.05, 4.69) is 59.3 Å². The van der Waals surface area contributed by atoms with Crippen molar-refractivity contribution in [3.05, 3.63) is 95.8 Å². The van der Waals surface area contributed by atoms with Crippen molar-refractivity contribution < 1.29 is 4.79 Å². The average molecular weight is 344 g/mol. The molecule has 1 aliphatic rings. The molecular weight excluding hydrogens is 320 g/mol. The van der Waals surface area contributed by atoms with Crippen LogP contribution in [0.1, 0.15) is 29.7 Å². The van der Waals surface area contributed by atoms with E-state index in [1.807, 2.05) is 29.2 Å². The molecule has 3 aromatic rings. The third-order valence-electron chi connectivity index (χ3n) is 4.93. The summed E-state index contributed by atoms with van der Waals surface area (Å²) in [6.07, 6.45) is 4.18. The quantitative estimate of drug-likeness (QED) is 0.620. The van der Waals surface area contributed by atoms with Gasteiger partial charge < -0.3 is 9.47 Å². The van der Waals surface area contributed by atoms with E-state index in [4.69, 9.17) is 0 Å². The van der Waals surface area contributed by atoms with Gasteiger partial charge in [0.05, 0.1) is 6.54 Å². The van der Waals surface area contributed by atoms with Crippen molar-refractivity contribution in [1.82, 2.24) is 9.47 Å². The number of hydrogen-bond donors (Lipinski definition) is 0. The molecule has 0 atom stereocenters. The predicted octanol–water partition coefficient (Wildman–Crippen LogP) is 4.48. The minimum Gasteiger partial charge on any atom is -0.345 e. The highest BCUT2D eigenvalue weighted by atomic mass is 16.2. The van der Waals surface area contributed by atoms with E-state index in [1.165, 1.54) is 16.8 Å². The lowest BCUT2D eigenvalue weighted by Gasteiger charge is -2.24. The van der Waals surface area contributed by atoms with E-state index in [9.17, 15) is 4.79 Å². The molecule has 2 aromatic carbocycles. The van der Waals surface area contributed by atoms with Gasteiger partial charge in [0.25, 0.3) is 0 Å². The van der Waals surface area contributed by atoms with Crippen LogP contribution in [-0.2, 0) is 24.4 Å². The maximum absolute atomic E-state index is 12.8. The molecule has 1 fully saturated rings. The first kappa shape index (κ1) is 16.6. The summed E-state index contributed by atoms with van der Waals surface area (Å²) >= 11 is 0. The molecule has 3 heteroatoms. The van der Waals surface area contributed by atoms with Crippen molar-refractivity contribution in [2.45, 2.75) is 32.5 Å². The summed E-state index contributed by atoms with van der Waals surface area (Å²) in [7, 11) is 0. The lowest BCUT2D eigenvalue weighted by Crippen LogP contribution is -2.32. The molecule has 26 heavy (non-hydrogen) atoms. The molecule has 0 aliphatic heterocycles. The number of amides is 1. The van der Waals surface area contributed by atoms with Gasteiger partial charge in [-0.3, -0.25) is 4.79 Å². The van der Waals surface area contributed by atoms with Crippen LogP contribution in [-0.4, -0.2) is 15.4 Å². The Kier molecular flexibility index (Phi) is 4.87. The third-order valence-corrected chi connectivity index (χ3v) is 4.93. The first-order chi connectivity index (χ1) is 12.8. The second kappa shape index (κ2) is 7.61. The number of rotatable bonds is 7. The summed E-state index contributed by atoms with van der Waals surface area (Å²) in [5.41, 5.74) is 3.63. The Balaban J connectivity index is 1.52. The highest BCUT2D eigenvalue weighted by Crippen LogP contribution is 2.32. The van der Waals surface area contributed by atoms with Gasteiger partial charge in [-0.05, 0) is 36.1 Å². The van der Waals surface area contributed by atoms with E-state index in [1.54, 1.807) is 0 Å². The predicted molar refractivity (Wildman–Crippen MR) is 103 cm³/mol. The van der Waals surface area contributed by atoms with Gasteiger partial charge in [-0.1, -0.05) is 60.7 Å². The molecule has 0 radical (unpaired) electrons. The van der Waals surface area contributed by atoms with Crippen LogP contribution < -0.4 is 0 Å². The van der Waals surface area contributed by atoms with Gasteiger partial charge in [0, 0.05) is 30.9 Å². The molecule has 1 aliphatic carbocycles. The molecule has 0 N–H and O–H groups in total. The second-order valence-electron chi connectivity index (χ2n) is 7.07. The van der Waals surface area contributed by atoms with Gasteiger partial charge in [0.1, 0.15) is 0 Å². The van der Waals surface area contributed by atoms with Crippen LogP contribution in [0.2, 0.25) is 0 Å². The highest BCUT2D eigenvalue weighted by molar-refractivity contribution is 5.81. The lowest BCUT2D eigenvalue weighted by atomic mass is 10.2. The topological polar surface area (TPSA) is 25.2 Å². The van der Waals surface area contributed by atoms with E-state index in [0.717, 1.165) is 19.4 Å². The van der Waals surface area contributed by atoms with Crippen LogP contribution in [0, 0.1) is 5.92 Å². The zero-order valence-electron chi connectivity index (χ0n) is 14.9. The van der Waals surface area contributed by atoms with Crippen LogP contribution >= 0.6 is 0 Å². The fraction of sp³-hybridized carbons (Fsp3) is 0.261. The first-order valence-electron chi connectivity index (χ1n) is 9.30. The fourth-order valence-corrected chi connectivity index (χ4v) is 3.33. The molecule has 132 valence electrons. The number of aromatic nitrogens is 1. The van der Waals surface area contributed by atoms with Crippen LogP contribution in [0.4, 0.5) is 0 Å². The second-order valence-corrected chi connectivity index (χ2v) is 7.07. The SMILES string of the molecule is O=C(C1CC1)N(Cc1ccccc1)Cc1cccn1Cc1ccccc1. The van der Waals surface area contributed by atoms with Crippen molar-refractivity contribution in [1.29, 1.82) is 0 Å². The number of carbonyl (C=O) groups excluding carboxylic acids is 1. The minimum absolute atomic E-state index is 0.233. The van der Waals surface area contributed by atoms with E-state index >= 15 is 0 Å². The molecule has 0 bridgehead atoms. The van der Waals surface area contributed by atoms with Crippen molar-refractivity contribution >= 4 is 5.91 Å². The molecule has 4 rings (SSSR count). The fourth-order valence-electron chi connectivity index (χ4n) is 3.33. The van der Waals surface area contributed by atoms with Crippen LogP contribution in [0.5, 0.6) is 0 Å². The summed E-state index contributed by atoms with van der Waals surface area (Å²) in [5, 5.41) is 0. The summed E-state index contributed by atoms with van der Waals surface area (Å²) in [6.45, 7) is 2.16. The Morgan fingerprint density at radius 3 is 2.15 bits per heavy atom. The Bertz CT molecular complexity index is 850. The van der Waals surface area contributed by atoms with E-state index < -0.39 is 0 Å². The maximum Gasteiger partial charge on any atom is 0.226 e. The van der Waals surface area contributed by atoms with Gasteiger partial charge in [-0.15, -0.1) is 0 Å². The molecule has 1 heterocycles. The molecule has 0 unspecified atom stereocenters. The Labute approximate surface area is 154 Å². The van der Waals surface area contributed by atoms with Crippen molar-refractivity contribution in [3.8, 4) is 0 Å². The zero-order chi connectivity index (χ0) is 17.8. The Morgan fingerprint density at radius 2 is 1.50 bits per heavy atom. The Morgan fingerprint density at radius 1 is 0.846 bits per heavy atom. The number of hydrogen-bond acceptors (Lipinski definition) is 1. The number of carbonyl (C=O) groups is 1. The average Bonchev–Trinajstić information content (AvgIpc) is 3.44. The molecule has 3 nitrogen and oxygen atoms in total. The molecule has 1 aromatic heterocycles. The lowest BCUT2D eigenvalue weighted by molar-refractivity contribution is -0.133. The smallest absolute Gasteiger partial charge is 0.226 e. The zero-order valence-corrected chi connectivity index (χ0v) is 14.9. The number of benzene rings is 2. The van der Waals surface area contributed by atoms with Gasteiger partial charge >= 0.3 is 0 Å². The van der Waals surface area contributed by atoms with Crippen molar-refractivity contribution in [3.63, 3.8) is 0 Å². The maximum atomic E-state index is 12.8. The summed E-state index contributed by atoms with van der Waals surface area (Å²) < 4.78 is 2.24. The molecule has 0 spiro atoms. The Hall–Kier alpha value is -2.81. The summed E-state index contributed by atoms with van der Waals surface area (Å²) in [5.74, 6) is 0.526. The largest absolute Gasteiger partial charge is 0.345 e. The van der Waals surface area contributed by atoms with Crippen LogP contribution in [0.15, 0.2) is 79.0 Å². The standard InChI is InChI=1S/C23H24N2O/c26-23(21-13-14-21)25(17-20-10-5-2-6-11-20)18-22-12-7-15-24(22)16-19-8-3-1-4-9-19/h1-12,15,21H,13-14,16-18H2. The van der Waals surface area contributed by atoms with Crippen LogP contribution in [0.3, 0.4) is 0 Å². The van der Waals surface area contributed by atoms with E-state index in [-0.39, 0.29) is 5.92 Å². The minimum atomic E-state index is 0.233. The number of nitrogens with zero attached hydrogens (tertiary/aromatic N) is 2. The third kappa shape index (κ3) is 4.05. The highest BCUT2D eigenvalue weighted by Gasteiger charge is 2.33. The van der Waals surface area contributed by atoms with Crippen molar-refractivity contribution in [2.75, 3.05) is 0 Å². The molecule has 1 amide bonds. The summed E-state index contributed by atoms with van der Waals surface area (Å²) in [4.78, 5) is 14.8. The first-order valence-corrected chi connectivity index (χ1v) is 9.30. The molecule has 0 saturated heterocycles. The molecular formula is C23H24N2O. The van der Waals surface area contributed by atoms with E-state index in [0.29, 0.717) is 19.0 Å². The van der Waals surface area contributed by atoms with Crippen molar-refractivity contribution in [2.24, 2.45) is 5.92 Å². The monoisotopic (exact) mass is 344 g/mol. The van der Waals surface area contributed by atoms with Gasteiger partial charge in [-0.2, -0.15) is 0 Å².